The van der Waals surface area contributed by atoms with Crippen LogP contribution in [0.2, 0.25) is 0 Å². The molecular formula is C27H34N4OS. The molecular weight excluding hydrogens is 428 g/mol. The van der Waals surface area contributed by atoms with Crippen molar-refractivity contribution in [2.45, 2.75) is 64.4 Å². The fraction of sp³-hybridized carbons (Fsp3) is 0.370. The summed E-state index contributed by atoms with van der Waals surface area (Å²) in [6, 6.07) is 14.9. The van der Waals surface area contributed by atoms with Gasteiger partial charge in [0.1, 0.15) is 18.2 Å². The van der Waals surface area contributed by atoms with E-state index in [0.717, 1.165) is 18.1 Å². The third kappa shape index (κ3) is 6.98. The van der Waals surface area contributed by atoms with Crippen molar-refractivity contribution in [3.8, 4) is 18.1 Å². The Morgan fingerprint density at radius 2 is 1.85 bits per heavy atom. The molecule has 1 aliphatic rings. The minimum atomic E-state index is 0.580. The van der Waals surface area contributed by atoms with Crippen molar-refractivity contribution in [2.24, 2.45) is 16.8 Å². The first kappa shape index (κ1) is 24.6. The molecule has 0 bridgehead atoms. The molecule has 1 saturated carbocycles. The van der Waals surface area contributed by atoms with Gasteiger partial charge in [-0.25, -0.2) is 5.84 Å². The highest BCUT2D eigenvalue weighted by Gasteiger charge is 2.19. The molecule has 0 atom stereocenters. The molecule has 2 aromatic carbocycles. The number of nitrogens with two attached hydrogens (primary N) is 2. The number of amidine groups is 1. The van der Waals surface area contributed by atoms with Crippen LogP contribution in [0.25, 0.3) is 10.1 Å². The van der Waals surface area contributed by atoms with Gasteiger partial charge in [0.25, 0.3) is 0 Å². The van der Waals surface area contributed by atoms with Gasteiger partial charge in [0.15, 0.2) is 0 Å². The molecule has 174 valence electrons. The molecule has 5 N–H and O–H groups in total. The summed E-state index contributed by atoms with van der Waals surface area (Å²) >= 11 is 1.87. The van der Waals surface area contributed by atoms with Crippen LogP contribution in [0.4, 0.5) is 0 Å². The highest BCUT2D eigenvalue weighted by atomic mass is 32.1. The SMILES string of the molecule is C#CC.N/N=C(/CCc1ccc(OCc2ccc3scc(C4CCCCC4)c3c2)cc1)NN. The van der Waals surface area contributed by atoms with Crippen LogP contribution in [0, 0.1) is 12.3 Å². The van der Waals surface area contributed by atoms with E-state index in [1.807, 2.05) is 23.5 Å². The van der Waals surface area contributed by atoms with Gasteiger partial charge in [0.05, 0.1) is 0 Å². The molecule has 0 radical (unpaired) electrons. The summed E-state index contributed by atoms with van der Waals surface area (Å²) in [4.78, 5) is 0. The fourth-order valence-corrected chi connectivity index (χ4v) is 5.29. The van der Waals surface area contributed by atoms with Crippen molar-refractivity contribution in [3.05, 3.63) is 64.5 Å². The Balaban J connectivity index is 0.000000968. The van der Waals surface area contributed by atoms with Crippen molar-refractivity contribution < 1.29 is 4.74 Å². The first-order valence-corrected chi connectivity index (χ1v) is 12.4. The van der Waals surface area contributed by atoms with E-state index in [1.54, 1.807) is 12.5 Å². The number of benzene rings is 2. The Kier molecular flexibility index (Phi) is 9.61. The van der Waals surface area contributed by atoms with E-state index in [0.29, 0.717) is 18.9 Å². The molecule has 4 rings (SSSR count). The number of terminal acetylenes is 1. The van der Waals surface area contributed by atoms with Gasteiger partial charge >= 0.3 is 0 Å². The average molecular weight is 463 g/mol. The largest absolute Gasteiger partial charge is 0.489 e. The topological polar surface area (TPSA) is 85.7 Å². The summed E-state index contributed by atoms with van der Waals surface area (Å²) in [5.41, 5.74) is 6.47. The van der Waals surface area contributed by atoms with Crippen molar-refractivity contribution in [1.82, 2.24) is 5.43 Å². The van der Waals surface area contributed by atoms with Gasteiger partial charge in [-0.2, -0.15) is 5.10 Å². The number of rotatable bonds is 7. The maximum absolute atomic E-state index is 6.05. The molecule has 0 amide bonds. The van der Waals surface area contributed by atoms with Crippen LogP contribution in [0.15, 0.2) is 52.9 Å². The van der Waals surface area contributed by atoms with Gasteiger partial charge in [0.2, 0.25) is 0 Å². The Hall–Kier alpha value is -3.01. The molecule has 3 aromatic rings. The maximum atomic E-state index is 6.05. The predicted octanol–water partition coefficient (Wildman–Crippen LogP) is 5.84. The highest BCUT2D eigenvalue weighted by Crippen LogP contribution is 2.39. The molecule has 0 spiro atoms. The summed E-state index contributed by atoms with van der Waals surface area (Å²) in [5, 5.41) is 7.42. The zero-order valence-corrected chi connectivity index (χ0v) is 20.2. The Morgan fingerprint density at radius 3 is 2.52 bits per heavy atom. The highest BCUT2D eigenvalue weighted by molar-refractivity contribution is 7.17. The Labute approximate surface area is 201 Å². The quantitative estimate of drug-likeness (QED) is 0.135. The number of nitrogens with one attached hydrogen (secondary N) is 1. The molecule has 0 aliphatic heterocycles. The first-order valence-electron chi connectivity index (χ1n) is 11.5. The smallest absolute Gasteiger partial charge is 0.136 e. The summed E-state index contributed by atoms with van der Waals surface area (Å²) in [5.74, 6) is 15.1. The molecule has 1 aromatic heterocycles. The zero-order chi connectivity index (χ0) is 23.5. The number of ether oxygens (including phenoxy) is 1. The third-order valence-electron chi connectivity index (χ3n) is 6.01. The number of hydrazone groups is 1. The maximum Gasteiger partial charge on any atom is 0.136 e. The van der Waals surface area contributed by atoms with Crippen LogP contribution in [-0.2, 0) is 13.0 Å². The molecule has 0 unspecified atom stereocenters. The zero-order valence-electron chi connectivity index (χ0n) is 19.3. The second-order valence-corrected chi connectivity index (χ2v) is 9.21. The number of hydrazine groups is 1. The van der Waals surface area contributed by atoms with Gasteiger partial charge in [-0.1, -0.05) is 37.5 Å². The van der Waals surface area contributed by atoms with E-state index >= 15 is 0 Å². The summed E-state index contributed by atoms with van der Waals surface area (Å²) in [6.45, 7) is 2.23. The normalized spacial score (nSPS) is 14.3. The van der Waals surface area contributed by atoms with E-state index < -0.39 is 0 Å². The lowest BCUT2D eigenvalue weighted by Gasteiger charge is -2.21. The van der Waals surface area contributed by atoms with Crippen molar-refractivity contribution in [1.29, 1.82) is 0 Å². The van der Waals surface area contributed by atoms with Crippen LogP contribution in [-0.4, -0.2) is 5.84 Å². The van der Waals surface area contributed by atoms with E-state index in [1.165, 1.54) is 53.3 Å². The molecule has 0 saturated heterocycles. The fourth-order valence-electron chi connectivity index (χ4n) is 4.27. The van der Waals surface area contributed by atoms with E-state index in [9.17, 15) is 0 Å². The van der Waals surface area contributed by atoms with E-state index in [4.69, 9.17) is 16.4 Å². The first-order chi connectivity index (χ1) is 16.2. The molecule has 1 fully saturated rings. The minimum absolute atomic E-state index is 0.580. The summed E-state index contributed by atoms with van der Waals surface area (Å²) in [7, 11) is 0. The lowest BCUT2D eigenvalue weighted by Crippen LogP contribution is -2.31. The molecule has 1 heterocycles. The summed E-state index contributed by atoms with van der Waals surface area (Å²) < 4.78 is 7.44. The van der Waals surface area contributed by atoms with Gasteiger partial charge in [-0.15, -0.1) is 23.7 Å². The average Bonchev–Trinajstić information content (AvgIpc) is 3.28. The van der Waals surface area contributed by atoms with Crippen molar-refractivity contribution in [3.63, 3.8) is 0 Å². The molecule has 1 aliphatic carbocycles. The number of fused-ring (bicyclic) bond motifs is 1. The Bertz CT molecular complexity index is 1080. The van der Waals surface area contributed by atoms with Crippen LogP contribution < -0.4 is 21.8 Å². The molecule has 6 heteroatoms. The standard InChI is InChI=1S/C24H30N4OS.C3H4/c25-27-24(28-26)13-9-17-6-10-20(11-7-17)29-15-18-8-12-23-21(14-18)22(16-30-23)19-4-2-1-3-5-19;1-3-2/h6-8,10-12,14,16,19H,1-5,9,13,15,25-26H2,(H,27,28);1H,2H3. The van der Waals surface area contributed by atoms with Gasteiger partial charge in [0, 0.05) is 11.1 Å². The van der Waals surface area contributed by atoms with Crippen molar-refractivity contribution in [2.75, 3.05) is 0 Å². The van der Waals surface area contributed by atoms with Gasteiger partial charge in [-0.3, -0.25) is 0 Å². The summed E-state index contributed by atoms with van der Waals surface area (Å²) in [6.07, 6.45) is 12.9. The predicted molar refractivity (Wildman–Crippen MR) is 140 cm³/mol. The van der Waals surface area contributed by atoms with E-state index in [2.05, 4.69) is 58.6 Å². The van der Waals surface area contributed by atoms with Crippen LogP contribution in [0.1, 0.15) is 68.1 Å². The van der Waals surface area contributed by atoms with Gasteiger partial charge < -0.3 is 16.0 Å². The van der Waals surface area contributed by atoms with Crippen molar-refractivity contribution >= 4 is 27.3 Å². The van der Waals surface area contributed by atoms with Crippen LogP contribution in [0.5, 0.6) is 5.75 Å². The number of thiophene rings is 1. The molecule has 5 nitrogen and oxygen atoms in total. The lowest BCUT2D eigenvalue weighted by atomic mass is 9.84. The third-order valence-corrected chi connectivity index (χ3v) is 7.00. The van der Waals surface area contributed by atoms with Crippen LogP contribution >= 0.6 is 11.3 Å². The number of hydrogen-bond acceptors (Lipinski definition) is 5. The lowest BCUT2D eigenvalue weighted by molar-refractivity contribution is 0.306. The monoisotopic (exact) mass is 462 g/mol. The van der Waals surface area contributed by atoms with Crippen LogP contribution in [0.3, 0.4) is 0 Å². The number of hydrogen-bond donors (Lipinski definition) is 3. The second-order valence-electron chi connectivity index (χ2n) is 8.30. The van der Waals surface area contributed by atoms with E-state index in [-0.39, 0.29) is 0 Å². The second kappa shape index (κ2) is 12.9. The Morgan fingerprint density at radius 1 is 1.15 bits per heavy atom. The van der Waals surface area contributed by atoms with Gasteiger partial charge in [-0.05, 0) is 83.8 Å². The number of aryl methyl sites for hydroxylation is 1. The molecule has 33 heavy (non-hydrogen) atoms. The number of nitrogens with zero attached hydrogens (tertiary/aromatic N) is 1. The minimum Gasteiger partial charge on any atom is -0.489 e.